The van der Waals surface area contributed by atoms with Crippen LogP contribution in [0.25, 0.3) is 0 Å². The second-order valence-electron chi connectivity index (χ2n) is 2.91. The molecule has 0 fully saturated rings. The van der Waals surface area contributed by atoms with Crippen molar-refractivity contribution in [2.24, 2.45) is 5.73 Å². The largest absolute Gasteiger partial charge is 0.396 e. The van der Waals surface area contributed by atoms with Gasteiger partial charge >= 0.3 is 0 Å². The first kappa shape index (κ1) is 11.0. The van der Waals surface area contributed by atoms with Gasteiger partial charge in [0.05, 0.1) is 0 Å². The number of hydrogen-bond donors (Lipinski definition) is 2. The molecule has 1 atom stereocenters. The minimum atomic E-state index is -1.27. The fourth-order valence-corrected chi connectivity index (χ4v) is 1.14. The van der Waals surface area contributed by atoms with Gasteiger partial charge in [-0.2, -0.15) is 0 Å². The maximum Gasteiger partial charge on any atom is 0.163 e. The van der Waals surface area contributed by atoms with Crippen LogP contribution in [0.2, 0.25) is 0 Å². The molecule has 78 valence electrons. The molecular formula is C9H10F3NO. The predicted molar refractivity (Wildman–Crippen MR) is 44.9 cm³/mol. The van der Waals surface area contributed by atoms with Crippen LogP contribution in [0.4, 0.5) is 13.2 Å². The lowest BCUT2D eigenvalue weighted by atomic mass is 10.0. The Kier molecular flexibility index (Phi) is 3.49. The lowest BCUT2D eigenvalue weighted by molar-refractivity contribution is 0.275. The first-order valence-electron chi connectivity index (χ1n) is 4.07. The van der Waals surface area contributed by atoms with E-state index in [0.717, 1.165) is 6.07 Å². The van der Waals surface area contributed by atoms with Crippen molar-refractivity contribution in [1.82, 2.24) is 0 Å². The molecule has 0 bridgehead atoms. The Morgan fingerprint density at radius 1 is 1.29 bits per heavy atom. The maximum absolute atomic E-state index is 13.1. The van der Waals surface area contributed by atoms with Gasteiger partial charge in [-0.05, 0) is 12.5 Å². The highest BCUT2D eigenvalue weighted by atomic mass is 19.2. The minimum Gasteiger partial charge on any atom is -0.396 e. The van der Waals surface area contributed by atoms with Gasteiger partial charge in [0.2, 0.25) is 0 Å². The van der Waals surface area contributed by atoms with E-state index >= 15 is 0 Å². The van der Waals surface area contributed by atoms with Crippen LogP contribution in [0.1, 0.15) is 18.0 Å². The summed E-state index contributed by atoms with van der Waals surface area (Å²) in [5.74, 6) is -3.31. The average Bonchev–Trinajstić information content (AvgIpc) is 2.11. The summed E-state index contributed by atoms with van der Waals surface area (Å²) in [4.78, 5) is 0. The Morgan fingerprint density at radius 2 is 1.93 bits per heavy atom. The molecule has 0 unspecified atom stereocenters. The molecule has 0 radical (unpaired) electrons. The zero-order valence-electron chi connectivity index (χ0n) is 7.30. The molecule has 1 aromatic rings. The fourth-order valence-electron chi connectivity index (χ4n) is 1.14. The predicted octanol–water partition coefficient (Wildman–Crippen LogP) is 1.49. The Bertz CT molecular complexity index is 330. The topological polar surface area (TPSA) is 46.2 Å². The molecule has 0 amide bonds. The van der Waals surface area contributed by atoms with Gasteiger partial charge in [0.1, 0.15) is 5.82 Å². The molecule has 0 saturated carbocycles. The lowest BCUT2D eigenvalue weighted by Crippen LogP contribution is -2.15. The van der Waals surface area contributed by atoms with Crippen molar-refractivity contribution in [3.8, 4) is 0 Å². The number of aliphatic hydroxyl groups excluding tert-OH is 1. The van der Waals surface area contributed by atoms with Gasteiger partial charge in [-0.1, -0.05) is 0 Å². The minimum absolute atomic E-state index is 0.0554. The van der Waals surface area contributed by atoms with Crippen LogP contribution in [-0.4, -0.2) is 11.7 Å². The summed E-state index contributed by atoms with van der Waals surface area (Å²) in [6, 6.07) is 0.383. The second kappa shape index (κ2) is 4.43. The van der Waals surface area contributed by atoms with Crippen molar-refractivity contribution in [1.29, 1.82) is 0 Å². The first-order valence-corrected chi connectivity index (χ1v) is 4.07. The normalized spacial score (nSPS) is 12.9. The molecule has 0 aliphatic heterocycles. The van der Waals surface area contributed by atoms with E-state index in [0.29, 0.717) is 6.07 Å². The van der Waals surface area contributed by atoms with Gasteiger partial charge in [-0.25, -0.2) is 13.2 Å². The van der Waals surface area contributed by atoms with Crippen LogP contribution in [-0.2, 0) is 0 Å². The maximum atomic E-state index is 13.1. The molecule has 1 aromatic carbocycles. The van der Waals surface area contributed by atoms with E-state index in [1.807, 2.05) is 0 Å². The van der Waals surface area contributed by atoms with Crippen LogP contribution in [0.15, 0.2) is 12.1 Å². The molecule has 14 heavy (non-hydrogen) atoms. The van der Waals surface area contributed by atoms with Crippen molar-refractivity contribution in [3.63, 3.8) is 0 Å². The number of rotatable bonds is 3. The molecule has 5 heteroatoms. The van der Waals surface area contributed by atoms with Gasteiger partial charge < -0.3 is 10.8 Å². The van der Waals surface area contributed by atoms with Gasteiger partial charge in [0, 0.05) is 24.3 Å². The summed E-state index contributed by atoms with van der Waals surface area (Å²) in [6.07, 6.45) is 0.0554. The Balaban J connectivity index is 3.07. The quantitative estimate of drug-likeness (QED) is 0.734. The number of hydrogen-bond acceptors (Lipinski definition) is 2. The molecule has 2 nitrogen and oxygen atoms in total. The highest BCUT2D eigenvalue weighted by Crippen LogP contribution is 2.21. The van der Waals surface area contributed by atoms with Crippen molar-refractivity contribution in [2.75, 3.05) is 6.61 Å². The molecule has 0 spiro atoms. The van der Waals surface area contributed by atoms with E-state index < -0.39 is 23.5 Å². The van der Waals surface area contributed by atoms with E-state index in [1.165, 1.54) is 0 Å². The summed E-state index contributed by atoms with van der Waals surface area (Å²) < 4.78 is 38.4. The van der Waals surface area contributed by atoms with Crippen LogP contribution in [0, 0.1) is 17.5 Å². The van der Waals surface area contributed by atoms with Crippen LogP contribution < -0.4 is 5.73 Å². The average molecular weight is 205 g/mol. The summed E-state index contributed by atoms with van der Waals surface area (Å²) in [7, 11) is 0. The molecular weight excluding hydrogens is 195 g/mol. The summed E-state index contributed by atoms with van der Waals surface area (Å²) in [5.41, 5.74) is 5.16. The zero-order chi connectivity index (χ0) is 10.7. The number of halogens is 3. The smallest absolute Gasteiger partial charge is 0.163 e. The molecule has 0 aliphatic rings. The van der Waals surface area contributed by atoms with Crippen LogP contribution in [0.5, 0.6) is 0 Å². The standard InChI is InChI=1S/C9H10F3NO/c10-5-3-6(8(13)1-2-14)9(12)7(11)4-5/h3-4,8,14H,1-2,13H2/t8-/m0/s1. The van der Waals surface area contributed by atoms with Gasteiger partial charge in [0.25, 0.3) is 0 Å². The summed E-state index contributed by atoms with van der Waals surface area (Å²) >= 11 is 0. The highest BCUT2D eigenvalue weighted by Gasteiger charge is 2.16. The number of benzene rings is 1. The Labute approximate surface area is 79.2 Å². The van der Waals surface area contributed by atoms with Crippen LogP contribution >= 0.6 is 0 Å². The van der Waals surface area contributed by atoms with E-state index in [1.54, 1.807) is 0 Å². The SMILES string of the molecule is N[C@@H](CCO)c1cc(F)cc(F)c1F. The van der Waals surface area contributed by atoms with Crippen molar-refractivity contribution in [3.05, 3.63) is 35.1 Å². The van der Waals surface area contributed by atoms with Crippen molar-refractivity contribution in [2.45, 2.75) is 12.5 Å². The van der Waals surface area contributed by atoms with Gasteiger partial charge in [-0.3, -0.25) is 0 Å². The van der Waals surface area contributed by atoms with E-state index in [9.17, 15) is 13.2 Å². The molecule has 0 heterocycles. The van der Waals surface area contributed by atoms with Crippen LogP contribution in [0.3, 0.4) is 0 Å². The molecule has 0 saturated heterocycles. The first-order chi connectivity index (χ1) is 6.56. The summed E-state index contributed by atoms with van der Waals surface area (Å²) in [5, 5.41) is 8.54. The van der Waals surface area contributed by atoms with E-state index in [-0.39, 0.29) is 18.6 Å². The van der Waals surface area contributed by atoms with Gasteiger partial charge in [0.15, 0.2) is 11.6 Å². The monoisotopic (exact) mass is 205 g/mol. The Hall–Kier alpha value is -1.07. The highest BCUT2D eigenvalue weighted by molar-refractivity contribution is 5.23. The third-order valence-electron chi connectivity index (χ3n) is 1.86. The molecule has 3 N–H and O–H groups in total. The van der Waals surface area contributed by atoms with Crippen molar-refractivity contribution >= 4 is 0 Å². The number of aliphatic hydroxyl groups is 1. The Morgan fingerprint density at radius 3 is 2.50 bits per heavy atom. The zero-order valence-corrected chi connectivity index (χ0v) is 7.30. The lowest BCUT2D eigenvalue weighted by Gasteiger charge is -2.11. The van der Waals surface area contributed by atoms with Crippen molar-refractivity contribution < 1.29 is 18.3 Å². The number of nitrogens with two attached hydrogens (primary N) is 1. The third-order valence-corrected chi connectivity index (χ3v) is 1.86. The van der Waals surface area contributed by atoms with Gasteiger partial charge in [-0.15, -0.1) is 0 Å². The molecule has 0 aliphatic carbocycles. The fraction of sp³-hybridized carbons (Fsp3) is 0.333. The summed E-state index contributed by atoms with van der Waals surface area (Å²) in [6.45, 7) is -0.265. The third kappa shape index (κ3) is 2.24. The van der Waals surface area contributed by atoms with E-state index in [4.69, 9.17) is 10.8 Å². The molecule has 0 aromatic heterocycles. The van der Waals surface area contributed by atoms with E-state index in [2.05, 4.69) is 0 Å². The second-order valence-corrected chi connectivity index (χ2v) is 2.91. The molecule has 1 rings (SSSR count).